The Morgan fingerprint density at radius 2 is 2.07 bits per heavy atom. The largest absolute Gasteiger partial charge is 0.455 e. The molecule has 0 aliphatic carbocycles. The Morgan fingerprint density at radius 1 is 1.40 bits per heavy atom. The lowest BCUT2D eigenvalue weighted by Gasteiger charge is -2.21. The second-order valence-electron chi connectivity index (χ2n) is 4.20. The van der Waals surface area contributed by atoms with Gasteiger partial charge in [-0.25, -0.2) is 4.79 Å². The normalized spacial score (nSPS) is 44.4. The monoisotopic (exact) mass is 218 g/mol. The van der Waals surface area contributed by atoms with E-state index < -0.39 is 36.2 Å². The van der Waals surface area contributed by atoms with Gasteiger partial charge in [-0.3, -0.25) is 0 Å². The number of carbonyl (C=O) groups is 1. The predicted octanol–water partition coefficient (Wildman–Crippen LogP) is -1.21. The molecule has 0 aromatic carbocycles. The maximum Gasteiger partial charge on any atom is 0.338 e. The van der Waals surface area contributed by atoms with Gasteiger partial charge in [0.15, 0.2) is 18.0 Å². The second-order valence-corrected chi connectivity index (χ2v) is 4.20. The van der Waals surface area contributed by atoms with Gasteiger partial charge in [0, 0.05) is 0 Å². The highest BCUT2D eigenvalue weighted by atomic mass is 16.8. The average molecular weight is 218 g/mol. The van der Waals surface area contributed by atoms with Gasteiger partial charge in [-0.2, -0.15) is 0 Å². The summed E-state index contributed by atoms with van der Waals surface area (Å²) in [6.45, 7) is 3.69. The van der Waals surface area contributed by atoms with Gasteiger partial charge in [0.2, 0.25) is 0 Å². The molecule has 2 aliphatic heterocycles. The van der Waals surface area contributed by atoms with Gasteiger partial charge in [-0.05, 0) is 13.8 Å². The van der Waals surface area contributed by atoms with Crippen LogP contribution in [0.3, 0.4) is 0 Å². The molecular weight excluding hydrogens is 204 g/mol. The molecule has 0 amide bonds. The fraction of sp³-hybridized carbons (Fsp3) is 0.889. The van der Waals surface area contributed by atoms with E-state index in [-0.39, 0.29) is 6.61 Å². The summed E-state index contributed by atoms with van der Waals surface area (Å²) < 4.78 is 15.5. The van der Waals surface area contributed by atoms with Crippen molar-refractivity contribution >= 4 is 5.97 Å². The van der Waals surface area contributed by atoms with Crippen LogP contribution in [0.4, 0.5) is 0 Å². The Labute approximate surface area is 86.7 Å². The Hall–Kier alpha value is -0.690. The van der Waals surface area contributed by atoms with Crippen LogP contribution in [0, 0.1) is 0 Å². The van der Waals surface area contributed by atoms with Crippen molar-refractivity contribution in [1.82, 2.24) is 0 Å². The van der Waals surface area contributed by atoms with Crippen LogP contribution in [0.15, 0.2) is 0 Å². The van der Waals surface area contributed by atoms with E-state index in [0.717, 1.165) is 0 Å². The first-order chi connectivity index (χ1) is 6.91. The molecule has 2 rings (SSSR count). The smallest absolute Gasteiger partial charge is 0.338 e. The number of ether oxygens (including phenoxy) is 3. The molecule has 0 spiro atoms. The van der Waals surface area contributed by atoms with Crippen LogP contribution in [0.2, 0.25) is 0 Å². The summed E-state index contributed by atoms with van der Waals surface area (Å²) in [5, 5.41) is 18.7. The van der Waals surface area contributed by atoms with E-state index >= 15 is 0 Å². The van der Waals surface area contributed by atoms with E-state index in [1.807, 2.05) is 0 Å². The SMILES string of the molecule is CC1(C)OCC([C@H]2OC(=O)C(O)C2O)O1. The van der Waals surface area contributed by atoms with Gasteiger partial charge in [0.25, 0.3) is 0 Å². The highest BCUT2D eigenvalue weighted by Gasteiger charge is 2.50. The molecule has 6 heteroatoms. The van der Waals surface area contributed by atoms with Gasteiger partial charge >= 0.3 is 5.97 Å². The quantitative estimate of drug-likeness (QED) is 0.537. The molecule has 0 radical (unpaired) electrons. The molecule has 2 aliphatic rings. The van der Waals surface area contributed by atoms with Crippen LogP contribution in [0.25, 0.3) is 0 Å². The van der Waals surface area contributed by atoms with E-state index in [0.29, 0.717) is 0 Å². The van der Waals surface area contributed by atoms with Gasteiger partial charge in [0.05, 0.1) is 6.61 Å². The van der Waals surface area contributed by atoms with E-state index in [1.165, 1.54) is 0 Å². The summed E-state index contributed by atoms with van der Waals surface area (Å²) >= 11 is 0. The van der Waals surface area contributed by atoms with Gasteiger partial charge in [0.1, 0.15) is 12.2 Å². The third-order valence-corrected chi connectivity index (χ3v) is 2.55. The highest BCUT2D eigenvalue weighted by molar-refractivity contribution is 5.77. The number of cyclic esters (lactones) is 1. The van der Waals surface area contributed by atoms with E-state index in [9.17, 15) is 15.0 Å². The number of carbonyl (C=O) groups excluding carboxylic acids is 1. The molecule has 0 bridgehead atoms. The maximum atomic E-state index is 11.0. The summed E-state index contributed by atoms with van der Waals surface area (Å²) in [5.74, 6) is -1.56. The Kier molecular flexibility index (Phi) is 2.46. The van der Waals surface area contributed by atoms with Crippen molar-refractivity contribution in [2.24, 2.45) is 0 Å². The zero-order valence-electron chi connectivity index (χ0n) is 8.54. The van der Waals surface area contributed by atoms with Gasteiger partial charge in [-0.1, -0.05) is 0 Å². The molecule has 6 nitrogen and oxygen atoms in total. The number of rotatable bonds is 1. The summed E-state index contributed by atoms with van der Waals surface area (Å²) in [6.07, 6.45) is -4.12. The van der Waals surface area contributed by atoms with E-state index in [4.69, 9.17) is 14.2 Å². The summed E-state index contributed by atoms with van der Waals surface area (Å²) in [4.78, 5) is 11.0. The first kappa shape index (κ1) is 10.8. The number of esters is 1. The average Bonchev–Trinajstić information content (AvgIpc) is 2.62. The fourth-order valence-corrected chi connectivity index (χ4v) is 1.77. The molecule has 0 saturated carbocycles. The van der Waals surface area contributed by atoms with Crippen LogP contribution >= 0.6 is 0 Å². The molecule has 4 atom stereocenters. The first-order valence-corrected chi connectivity index (χ1v) is 4.79. The fourth-order valence-electron chi connectivity index (χ4n) is 1.77. The third-order valence-electron chi connectivity index (χ3n) is 2.55. The molecule has 2 saturated heterocycles. The molecular formula is C9H14O6. The standard InChI is InChI=1S/C9H14O6/c1-9(2)13-3-4(15-9)7-5(10)6(11)8(12)14-7/h4-7,10-11H,3H2,1-2H3/t4?,5?,6?,7-/m1/s1. The van der Waals surface area contributed by atoms with Crippen molar-refractivity contribution in [1.29, 1.82) is 0 Å². The van der Waals surface area contributed by atoms with E-state index in [1.54, 1.807) is 13.8 Å². The maximum absolute atomic E-state index is 11.0. The molecule has 86 valence electrons. The van der Waals surface area contributed by atoms with Gasteiger partial charge < -0.3 is 24.4 Å². The summed E-state index contributed by atoms with van der Waals surface area (Å²) in [7, 11) is 0. The van der Waals surface area contributed by atoms with Crippen LogP contribution in [0.5, 0.6) is 0 Å². The van der Waals surface area contributed by atoms with Crippen molar-refractivity contribution in [2.75, 3.05) is 6.61 Å². The molecule has 0 aromatic rings. The zero-order chi connectivity index (χ0) is 11.2. The molecule has 2 fully saturated rings. The minimum absolute atomic E-state index is 0.231. The second kappa shape index (κ2) is 3.41. The number of hydrogen-bond acceptors (Lipinski definition) is 6. The van der Waals surface area contributed by atoms with Crippen molar-refractivity contribution < 1.29 is 29.2 Å². The topological polar surface area (TPSA) is 85.2 Å². The molecule has 3 unspecified atom stereocenters. The molecule has 2 heterocycles. The number of aliphatic hydroxyl groups is 2. The predicted molar refractivity (Wildman–Crippen MR) is 46.8 cm³/mol. The lowest BCUT2D eigenvalue weighted by molar-refractivity contribution is -0.166. The molecule has 0 aromatic heterocycles. The summed E-state index contributed by atoms with van der Waals surface area (Å²) in [6, 6.07) is 0. The van der Waals surface area contributed by atoms with E-state index in [2.05, 4.69) is 0 Å². The first-order valence-electron chi connectivity index (χ1n) is 4.79. The lowest BCUT2D eigenvalue weighted by atomic mass is 10.1. The minimum atomic E-state index is -1.48. The van der Waals surface area contributed by atoms with Crippen molar-refractivity contribution in [3.8, 4) is 0 Å². The van der Waals surface area contributed by atoms with Crippen LogP contribution in [0.1, 0.15) is 13.8 Å². The Morgan fingerprint density at radius 3 is 2.47 bits per heavy atom. The zero-order valence-corrected chi connectivity index (χ0v) is 8.54. The number of hydrogen-bond donors (Lipinski definition) is 2. The highest BCUT2D eigenvalue weighted by Crippen LogP contribution is 2.30. The van der Waals surface area contributed by atoms with Crippen LogP contribution in [-0.2, 0) is 19.0 Å². The lowest BCUT2D eigenvalue weighted by Crippen LogP contribution is -2.40. The van der Waals surface area contributed by atoms with Crippen molar-refractivity contribution in [3.05, 3.63) is 0 Å². The molecule has 15 heavy (non-hydrogen) atoms. The Balaban J connectivity index is 2.04. The summed E-state index contributed by atoms with van der Waals surface area (Å²) in [5.41, 5.74) is 0. The van der Waals surface area contributed by atoms with Crippen LogP contribution < -0.4 is 0 Å². The number of aliphatic hydroxyl groups excluding tert-OH is 2. The van der Waals surface area contributed by atoms with Crippen LogP contribution in [-0.4, -0.2) is 53.0 Å². The van der Waals surface area contributed by atoms with Crippen molar-refractivity contribution in [3.63, 3.8) is 0 Å². The van der Waals surface area contributed by atoms with Crippen molar-refractivity contribution in [2.45, 2.75) is 44.1 Å². The Bertz CT molecular complexity index is 276. The third kappa shape index (κ3) is 1.85. The minimum Gasteiger partial charge on any atom is -0.455 e. The molecule has 2 N–H and O–H groups in total. The van der Waals surface area contributed by atoms with Gasteiger partial charge in [-0.15, -0.1) is 0 Å².